The van der Waals surface area contributed by atoms with Crippen molar-refractivity contribution in [2.24, 2.45) is 0 Å². The van der Waals surface area contributed by atoms with Gasteiger partial charge in [0.05, 0.1) is 11.4 Å². The van der Waals surface area contributed by atoms with E-state index < -0.39 is 0 Å². The molecule has 0 spiro atoms. The van der Waals surface area contributed by atoms with Crippen LogP contribution < -0.4 is 10.1 Å². The minimum Gasteiger partial charge on any atom is -0.484 e. The van der Waals surface area contributed by atoms with Gasteiger partial charge in [-0.05, 0) is 48.9 Å². The van der Waals surface area contributed by atoms with Crippen LogP contribution in [0.15, 0.2) is 103 Å². The fraction of sp³-hybridized carbons (Fsp3) is 0.0690. The maximum Gasteiger partial charge on any atom is 0.262 e. The molecule has 1 N–H and O–H groups in total. The summed E-state index contributed by atoms with van der Waals surface area (Å²) in [4.78, 5) is 29.9. The fourth-order valence-electron chi connectivity index (χ4n) is 3.89. The molecule has 6 heteroatoms. The summed E-state index contributed by atoms with van der Waals surface area (Å²) in [6.07, 6.45) is 3.90. The zero-order valence-corrected chi connectivity index (χ0v) is 19.1. The molecule has 3 aromatic carbocycles. The van der Waals surface area contributed by atoms with E-state index in [-0.39, 0.29) is 18.3 Å². The maximum absolute atomic E-state index is 12.6. The molecule has 0 aliphatic heterocycles. The Morgan fingerprint density at radius 2 is 1.57 bits per heavy atom. The first-order valence-electron chi connectivity index (χ1n) is 11.2. The van der Waals surface area contributed by atoms with Crippen molar-refractivity contribution in [1.29, 1.82) is 0 Å². The summed E-state index contributed by atoms with van der Waals surface area (Å²) in [5.74, 6) is 0.157. The number of ketones is 1. The SMILES string of the molecule is Cc1cccn2cc(-c3ccccc3NC(=O)COc3ccc(C(=O)c4ccccc4)cc3)nc12. The molecule has 2 aromatic heterocycles. The third-order valence-corrected chi connectivity index (χ3v) is 5.68. The highest BCUT2D eigenvalue weighted by Gasteiger charge is 2.13. The van der Waals surface area contributed by atoms with Crippen LogP contribution in [0, 0.1) is 6.92 Å². The Kier molecular flexibility index (Phi) is 6.09. The number of carbonyl (C=O) groups is 2. The van der Waals surface area contributed by atoms with Gasteiger partial charge in [0.1, 0.15) is 11.4 Å². The summed E-state index contributed by atoms with van der Waals surface area (Å²) < 4.78 is 7.62. The Bertz CT molecular complexity index is 1510. The van der Waals surface area contributed by atoms with Crippen LogP contribution in [0.25, 0.3) is 16.9 Å². The summed E-state index contributed by atoms with van der Waals surface area (Å²) in [5.41, 5.74) is 5.39. The van der Waals surface area contributed by atoms with E-state index >= 15 is 0 Å². The molecule has 0 radical (unpaired) electrons. The highest BCUT2D eigenvalue weighted by Crippen LogP contribution is 2.28. The normalized spacial score (nSPS) is 10.8. The molecule has 5 aromatic rings. The van der Waals surface area contributed by atoms with Crippen molar-refractivity contribution >= 4 is 23.0 Å². The molecule has 2 heterocycles. The minimum atomic E-state index is -0.290. The summed E-state index contributed by atoms with van der Waals surface area (Å²) >= 11 is 0. The van der Waals surface area contributed by atoms with Crippen molar-refractivity contribution < 1.29 is 14.3 Å². The second-order valence-corrected chi connectivity index (χ2v) is 8.15. The third kappa shape index (κ3) is 4.82. The zero-order chi connectivity index (χ0) is 24.2. The number of aryl methyl sites for hydroxylation is 1. The maximum atomic E-state index is 12.6. The average Bonchev–Trinajstić information content (AvgIpc) is 3.34. The predicted octanol–water partition coefficient (Wildman–Crippen LogP) is 5.56. The van der Waals surface area contributed by atoms with E-state index in [2.05, 4.69) is 5.32 Å². The molecule has 0 saturated carbocycles. The molecule has 35 heavy (non-hydrogen) atoms. The minimum absolute atomic E-state index is 0.0614. The molecule has 6 nitrogen and oxygen atoms in total. The Morgan fingerprint density at radius 1 is 0.857 bits per heavy atom. The van der Waals surface area contributed by atoms with Crippen LogP contribution in [-0.4, -0.2) is 27.7 Å². The van der Waals surface area contributed by atoms with Crippen molar-refractivity contribution in [2.75, 3.05) is 11.9 Å². The Labute approximate surface area is 202 Å². The number of nitrogens with one attached hydrogen (secondary N) is 1. The van der Waals surface area contributed by atoms with Gasteiger partial charge in [0.15, 0.2) is 12.4 Å². The number of amides is 1. The van der Waals surface area contributed by atoms with Gasteiger partial charge in [-0.15, -0.1) is 0 Å². The number of hydrogen-bond acceptors (Lipinski definition) is 4. The van der Waals surface area contributed by atoms with E-state index in [9.17, 15) is 9.59 Å². The highest BCUT2D eigenvalue weighted by molar-refractivity contribution is 6.09. The monoisotopic (exact) mass is 461 g/mol. The molecular formula is C29H23N3O3. The van der Waals surface area contributed by atoms with Gasteiger partial charge in [0.25, 0.3) is 5.91 Å². The van der Waals surface area contributed by atoms with Gasteiger partial charge >= 0.3 is 0 Å². The lowest BCUT2D eigenvalue weighted by atomic mass is 10.0. The number of rotatable bonds is 7. The van der Waals surface area contributed by atoms with Crippen molar-refractivity contribution in [2.45, 2.75) is 6.92 Å². The molecule has 172 valence electrons. The molecule has 0 aliphatic rings. The number of aromatic nitrogens is 2. The number of carbonyl (C=O) groups excluding carboxylic acids is 2. The summed E-state index contributed by atoms with van der Waals surface area (Å²) in [7, 11) is 0. The molecular weight excluding hydrogens is 438 g/mol. The van der Waals surface area contributed by atoms with Crippen LogP contribution in [0.1, 0.15) is 21.5 Å². The van der Waals surface area contributed by atoms with E-state index in [1.807, 2.05) is 78.3 Å². The average molecular weight is 462 g/mol. The van der Waals surface area contributed by atoms with E-state index in [4.69, 9.17) is 9.72 Å². The van der Waals surface area contributed by atoms with Gasteiger partial charge in [-0.25, -0.2) is 4.98 Å². The first kappa shape index (κ1) is 22.1. The van der Waals surface area contributed by atoms with Gasteiger partial charge in [-0.1, -0.05) is 54.6 Å². The second-order valence-electron chi connectivity index (χ2n) is 8.15. The van der Waals surface area contributed by atoms with E-state index in [1.165, 1.54) is 0 Å². The number of para-hydroxylation sites is 1. The van der Waals surface area contributed by atoms with Gasteiger partial charge in [-0.2, -0.15) is 0 Å². The topological polar surface area (TPSA) is 72.7 Å². The summed E-state index contributed by atoms with van der Waals surface area (Å²) in [5, 5.41) is 2.92. The lowest BCUT2D eigenvalue weighted by Crippen LogP contribution is -2.20. The Hall–Kier alpha value is -4.71. The molecule has 0 unspecified atom stereocenters. The quantitative estimate of drug-likeness (QED) is 0.322. The third-order valence-electron chi connectivity index (χ3n) is 5.68. The predicted molar refractivity (Wildman–Crippen MR) is 136 cm³/mol. The summed E-state index contributed by atoms with van der Waals surface area (Å²) in [6.45, 7) is 1.85. The molecule has 0 atom stereocenters. The van der Waals surface area contributed by atoms with E-state index in [0.717, 1.165) is 22.5 Å². The smallest absolute Gasteiger partial charge is 0.262 e. The first-order chi connectivity index (χ1) is 17.1. The second kappa shape index (κ2) is 9.65. The van der Waals surface area contributed by atoms with Crippen LogP contribution in [0.2, 0.25) is 0 Å². The molecule has 0 aliphatic carbocycles. The Balaban J connectivity index is 1.25. The molecule has 0 fully saturated rings. The van der Waals surface area contributed by atoms with Crippen LogP contribution in [-0.2, 0) is 4.79 Å². The van der Waals surface area contributed by atoms with Crippen LogP contribution in [0.5, 0.6) is 5.75 Å². The highest BCUT2D eigenvalue weighted by atomic mass is 16.5. The van der Waals surface area contributed by atoms with Crippen molar-refractivity contribution in [3.8, 4) is 17.0 Å². The van der Waals surface area contributed by atoms with E-state index in [1.54, 1.807) is 36.4 Å². The van der Waals surface area contributed by atoms with Crippen molar-refractivity contribution in [3.63, 3.8) is 0 Å². The lowest BCUT2D eigenvalue weighted by molar-refractivity contribution is -0.118. The number of imidazole rings is 1. The number of fused-ring (bicyclic) bond motifs is 1. The number of nitrogens with zero attached hydrogens (tertiary/aromatic N) is 2. The number of benzene rings is 3. The molecule has 5 rings (SSSR count). The van der Waals surface area contributed by atoms with Gasteiger partial charge in [0.2, 0.25) is 0 Å². The van der Waals surface area contributed by atoms with Crippen molar-refractivity contribution in [1.82, 2.24) is 9.38 Å². The van der Waals surface area contributed by atoms with Gasteiger partial charge < -0.3 is 14.5 Å². The van der Waals surface area contributed by atoms with Crippen LogP contribution >= 0.6 is 0 Å². The fourth-order valence-corrected chi connectivity index (χ4v) is 3.89. The van der Waals surface area contributed by atoms with Crippen LogP contribution in [0.4, 0.5) is 5.69 Å². The van der Waals surface area contributed by atoms with Crippen molar-refractivity contribution in [3.05, 3.63) is 120 Å². The first-order valence-corrected chi connectivity index (χ1v) is 11.2. The number of anilines is 1. The Morgan fingerprint density at radius 3 is 2.34 bits per heavy atom. The molecule has 1 amide bonds. The van der Waals surface area contributed by atoms with Gasteiger partial charge in [-0.3, -0.25) is 9.59 Å². The number of ether oxygens (including phenoxy) is 1. The standard InChI is InChI=1S/C29H23N3O3/c1-20-8-7-17-32-18-26(31-29(20)32)24-11-5-6-12-25(24)30-27(33)19-35-23-15-13-22(14-16-23)28(34)21-9-3-2-4-10-21/h2-18H,19H2,1H3,(H,30,33). The number of hydrogen-bond donors (Lipinski definition) is 1. The van der Waals surface area contributed by atoms with E-state index in [0.29, 0.717) is 22.6 Å². The van der Waals surface area contributed by atoms with Gasteiger partial charge in [0, 0.05) is 29.1 Å². The summed E-state index contributed by atoms with van der Waals surface area (Å²) in [6, 6.07) is 27.4. The zero-order valence-electron chi connectivity index (χ0n) is 19.1. The molecule has 0 bridgehead atoms. The number of pyridine rings is 1. The lowest BCUT2D eigenvalue weighted by Gasteiger charge is -2.11. The largest absolute Gasteiger partial charge is 0.484 e. The molecule has 0 saturated heterocycles. The van der Waals surface area contributed by atoms with Crippen LogP contribution in [0.3, 0.4) is 0 Å².